The monoisotopic (exact) mass is 552 g/mol. The number of nitrogens with one attached hydrogen (secondary N) is 2. The Kier molecular flexibility index (Phi) is 6.58. The van der Waals surface area contributed by atoms with Gasteiger partial charge in [-0.1, -0.05) is 55.2 Å². The van der Waals surface area contributed by atoms with Gasteiger partial charge in [0.25, 0.3) is 11.8 Å². The summed E-state index contributed by atoms with van der Waals surface area (Å²) < 4.78 is 0. The molecule has 0 saturated carbocycles. The van der Waals surface area contributed by atoms with E-state index in [9.17, 15) is 14.4 Å². The van der Waals surface area contributed by atoms with Crippen molar-refractivity contribution in [3.8, 4) is 0 Å². The number of aromatic amines is 1. The molecule has 0 unspecified atom stereocenters. The Hall–Kier alpha value is -3.61. The van der Waals surface area contributed by atoms with Crippen molar-refractivity contribution in [3.63, 3.8) is 0 Å². The zero-order valence-corrected chi connectivity index (χ0v) is 22.6. The summed E-state index contributed by atoms with van der Waals surface area (Å²) in [5.74, 6) is -0.944. The summed E-state index contributed by atoms with van der Waals surface area (Å²) >= 11 is 12.2. The van der Waals surface area contributed by atoms with Crippen molar-refractivity contribution in [2.24, 2.45) is 5.92 Å². The summed E-state index contributed by atoms with van der Waals surface area (Å²) in [6.45, 7) is 11.8. The SMILES string of the molecule is [C-]#[N+][C@@H]1C[C@@]2(CN1C(=O)[C@H](CC(C)C)N(C)C(=O)c1nc3cc(Cl)c(Cl)cc3[nH]1)C(=O)Nc1ccccc12. The normalized spacial score (nSPS) is 21.0. The van der Waals surface area contributed by atoms with Crippen LogP contribution in [0, 0.1) is 12.5 Å². The van der Waals surface area contributed by atoms with Crippen molar-refractivity contribution in [1.29, 1.82) is 0 Å². The lowest BCUT2D eigenvalue weighted by Crippen LogP contribution is -2.51. The Morgan fingerprint density at radius 3 is 2.68 bits per heavy atom. The van der Waals surface area contributed by atoms with Gasteiger partial charge in [-0.3, -0.25) is 24.1 Å². The largest absolute Gasteiger partial charge is 0.334 e. The van der Waals surface area contributed by atoms with E-state index >= 15 is 0 Å². The second-order valence-corrected chi connectivity index (χ2v) is 11.1. The molecule has 2 aliphatic rings. The van der Waals surface area contributed by atoms with Gasteiger partial charge in [-0.25, -0.2) is 11.6 Å². The van der Waals surface area contributed by atoms with Crippen molar-refractivity contribution in [2.45, 2.75) is 44.3 Å². The molecule has 0 bridgehead atoms. The maximum atomic E-state index is 14.0. The number of rotatable bonds is 5. The first-order valence-corrected chi connectivity index (χ1v) is 13.0. The van der Waals surface area contributed by atoms with E-state index in [0.717, 1.165) is 5.56 Å². The minimum Gasteiger partial charge on any atom is -0.334 e. The number of likely N-dealkylation sites (N-methyl/N-ethyl adjacent to an activating group) is 1. The van der Waals surface area contributed by atoms with Crippen molar-refractivity contribution in [3.05, 3.63) is 69.2 Å². The van der Waals surface area contributed by atoms with Gasteiger partial charge in [0.1, 0.15) is 11.5 Å². The molecule has 38 heavy (non-hydrogen) atoms. The summed E-state index contributed by atoms with van der Waals surface area (Å²) in [4.78, 5) is 54.6. The molecule has 1 spiro atoms. The van der Waals surface area contributed by atoms with Gasteiger partial charge in [-0.2, -0.15) is 0 Å². The van der Waals surface area contributed by atoms with E-state index in [1.807, 2.05) is 38.1 Å². The number of benzene rings is 2. The number of carbonyl (C=O) groups is 3. The summed E-state index contributed by atoms with van der Waals surface area (Å²) in [7, 11) is 1.55. The molecule has 2 aromatic carbocycles. The zero-order chi connectivity index (χ0) is 27.4. The van der Waals surface area contributed by atoms with Gasteiger partial charge in [0.2, 0.25) is 5.91 Å². The molecule has 3 heterocycles. The molecule has 3 aromatic rings. The molecule has 2 aliphatic heterocycles. The Morgan fingerprint density at radius 2 is 1.97 bits per heavy atom. The fourth-order valence-corrected chi connectivity index (χ4v) is 5.75. The number of nitrogens with zero attached hydrogens (tertiary/aromatic N) is 4. The number of amides is 3. The second-order valence-electron chi connectivity index (χ2n) is 10.3. The van der Waals surface area contributed by atoms with Crippen LogP contribution in [0.4, 0.5) is 5.69 Å². The molecular formula is C27H26Cl2N6O3. The average Bonchev–Trinajstić information content (AvgIpc) is 3.56. The Morgan fingerprint density at radius 1 is 1.26 bits per heavy atom. The first-order chi connectivity index (χ1) is 18.1. The first-order valence-electron chi connectivity index (χ1n) is 12.3. The Bertz CT molecular complexity index is 1470. The highest BCUT2D eigenvalue weighted by atomic mass is 35.5. The van der Waals surface area contributed by atoms with Gasteiger partial charge < -0.3 is 15.2 Å². The molecule has 9 nitrogen and oxygen atoms in total. The molecular weight excluding hydrogens is 527 g/mol. The van der Waals surface area contributed by atoms with E-state index in [4.69, 9.17) is 29.8 Å². The summed E-state index contributed by atoms with van der Waals surface area (Å²) in [6, 6.07) is 9.67. The van der Waals surface area contributed by atoms with Crippen LogP contribution in [0.3, 0.4) is 0 Å². The third-order valence-electron chi connectivity index (χ3n) is 7.38. The lowest BCUT2D eigenvalue weighted by molar-refractivity contribution is -0.136. The second kappa shape index (κ2) is 9.61. The van der Waals surface area contributed by atoms with E-state index in [0.29, 0.717) is 33.2 Å². The van der Waals surface area contributed by atoms with Crippen LogP contribution in [0.2, 0.25) is 10.0 Å². The van der Waals surface area contributed by atoms with E-state index in [2.05, 4.69) is 20.1 Å². The predicted octanol–water partition coefficient (Wildman–Crippen LogP) is 4.72. The van der Waals surface area contributed by atoms with E-state index < -0.39 is 23.5 Å². The molecule has 5 rings (SSSR count). The molecule has 11 heteroatoms. The van der Waals surface area contributed by atoms with Gasteiger partial charge in [0.15, 0.2) is 5.82 Å². The maximum Gasteiger partial charge on any atom is 0.302 e. The van der Waals surface area contributed by atoms with Gasteiger partial charge in [-0.05, 0) is 36.1 Å². The van der Waals surface area contributed by atoms with Crippen molar-refractivity contribution in [2.75, 3.05) is 18.9 Å². The summed E-state index contributed by atoms with van der Waals surface area (Å²) in [6.07, 6.45) is -0.258. The number of halogens is 2. The van der Waals surface area contributed by atoms with Crippen LogP contribution in [0.1, 0.15) is 42.9 Å². The topological polar surface area (TPSA) is 103 Å². The van der Waals surface area contributed by atoms with Crippen molar-refractivity contribution in [1.82, 2.24) is 19.8 Å². The van der Waals surface area contributed by atoms with E-state index in [-0.39, 0.29) is 36.5 Å². The molecule has 1 aromatic heterocycles. The van der Waals surface area contributed by atoms with Crippen molar-refractivity contribution < 1.29 is 14.4 Å². The Balaban J connectivity index is 1.46. The van der Waals surface area contributed by atoms with Crippen LogP contribution in [0.15, 0.2) is 36.4 Å². The van der Waals surface area contributed by atoms with Gasteiger partial charge in [0.05, 0.1) is 27.5 Å². The number of aromatic nitrogens is 2. The number of anilines is 1. The highest BCUT2D eigenvalue weighted by Gasteiger charge is 2.59. The number of fused-ring (bicyclic) bond motifs is 3. The number of likely N-dealkylation sites (tertiary alicyclic amines) is 1. The lowest BCUT2D eigenvalue weighted by atomic mass is 9.80. The van der Waals surface area contributed by atoms with Crippen LogP contribution in [-0.2, 0) is 15.0 Å². The van der Waals surface area contributed by atoms with Crippen LogP contribution in [0.5, 0.6) is 0 Å². The van der Waals surface area contributed by atoms with Gasteiger partial charge in [-0.15, -0.1) is 0 Å². The van der Waals surface area contributed by atoms with Crippen molar-refractivity contribution >= 4 is 57.6 Å². The molecule has 0 aliphatic carbocycles. The van der Waals surface area contributed by atoms with Crippen LogP contribution >= 0.6 is 23.2 Å². The van der Waals surface area contributed by atoms with E-state index in [1.54, 1.807) is 19.2 Å². The fourth-order valence-electron chi connectivity index (χ4n) is 5.43. The first kappa shape index (κ1) is 26.0. The number of hydrogen-bond donors (Lipinski definition) is 2. The minimum atomic E-state index is -0.996. The van der Waals surface area contributed by atoms with Crippen LogP contribution < -0.4 is 5.32 Å². The Labute approximate surface area is 229 Å². The summed E-state index contributed by atoms with van der Waals surface area (Å²) in [5, 5.41) is 3.55. The third kappa shape index (κ3) is 4.18. The molecule has 1 saturated heterocycles. The maximum absolute atomic E-state index is 14.0. The molecule has 196 valence electrons. The van der Waals surface area contributed by atoms with Gasteiger partial charge >= 0.3 is 6.17 Å². The quantitative estimate of drug-likeness (QED) is 0.447. The number of hydrogen-bond acceptors (Lipinski definition) is 4. The molecule has 1 fully saturated rings. The number of para-hydroxylation sites is 1. The molecule has 2 N–H and O–H groups in total. The van der Waals surface area contributed by atoms with E-state index in [1.165, 1.54) is 9.80 Å². The average molecular weight is 553 g/mol. The smallest absolute Gasteiger partial charge is 0.302 e. The molecule has 3 amide bonds. The number of carbonyl (C=O) groups excluding carboxylic acids is 3. The molecule has 0 radical (unpaired) electrons. The zero-order valence-electron chi connectivity index (χ0n) is 21.1. The third-order valence-corrected chi connectivity index (χ3v) is 8.10. The highest BCUT2D eigenvalue weighted by molar-refractivity contribution is 6.42. The van der Waals surface area contributed by atoms with Crippen LogP contribution in [-0.4, -0.2) is 63.3 Å². The van der Waals surface area contributed by atoms with Gasteiger partial charge in [0, 0.05) is 19.3 Å². The highest BCUT2D eigenvalue weighted by Crippen LogP contribution is 2.47. The molecule has 3 atom stereocenters. The fraction of sp³-hybridized carbons (Fsp3) is 0.370. The van der Waals surface area contributed by atoms with Crippen LogP contribution in [0.25, 0.3) is 15.9 Å². The number of imidazole rings is 1. The minimum absolute atomic E-state index is 0.0473. The summed E-state index contributed by atoms with van der Waals surface area (Å²) in [5.41, 5.74) is 1.51. The predicted molar refractivity (Wildman–Crippen MR) is 145 cm³/mol. The number of H-pyrrole nitrogens is 1. The standard InChI is InChI=1S/C27H26Cl2N6O3/c1-14(2)9-21(34(4)25(37)23-31-19-10-16(28)17(29)11-20(19)32-23)24(36)35-13-27(12-22(35)30-3)15-7-5-6-8-18(15)33-26(27)38/h5-8,10-11,14,21-22H,9,12-13H2,1-2,4H3,(H,31,32)(H,33,38)/t21-,22-,27-/m0/s1. The lowest BCUT2D eigenvalue weighted by Gasteiger charge is -2.31.